The number of aliphatic hydroxyl groups is 1. The van der Waals surface area contributed by atoms with Crippen molar-refractivity contribution in [1.29, 1.82) is 0 Å². The van der Waals surface area contributed by atoms with Gasteiger partial charge in [-0.15, -0.1) is 0 Å². The number of amides is 1. The number of rotatable bonds is 3. The predicted octanol–water partition coefficient (Wildman–Crippen LogP) is 2.90. The second-order valence-electron chi connectivity index (χ2n) is 4.16. The normalized spacial score (nSPS) is 10.3. The fraction of sp³-hybridized carbons (Fsp3) is 0.143. The van der Waals surface area contributed by atoms with E-state index in [4.69, 9.17) is 0 Å². The summed E-state index contributed by atoms with van der Waals surface area (Å²) in [5.74, 6) is -0.230. The molecule has 0 saturated carbocycles. The van der Waals surface area contributed by atoms with Gasteiger partial charge in [0, 0.05) is 21.8 Å². The van der Waals surface area contributed by atoms with Gasteiger partial charge in [0.15, 0.2) is 0 Å². The van der Waals surface area contributed by atoms with Gasteiger partial charge in [-0.05, 0) is 36.8 Å². The Morgan fingerprint density at radius 2 is 2.21 bits per heavy atom. The Kier molecular flexibility index (Phi) is 4.29. The van der Waals surface area contributed by atoms with Crippen molar-refractivity contribution in [3.63, 3.8) is 0 Å². The fourth-order valence-electron chi connectivity index (χ4n) is 1.74. The van der Waals surface area contributed by atoms with Crippen LogP contribution in [0.25, 0.3) is 0 Å². The summed E-state index contributed by atoms with van der Waals surface area (Å²) < 4.78 is 0.853. The number of carbonyl (C=O) groups excluding carboxylic acids is 1. The van der Waals surface area contributed by atoms with E-state index < -0.39 is 0 Å². The molecule has 0 bridgehead atoms. The topological polar surface area (TPSA) is 62.2 Å². The molecule has 5 heteroatoms. The number of aromatic nitrogens is 1. The third-order valence-corrected chi connectivity index (χ3v) is 3.09. The van der Waals surface area contributed by atoms with Gasteiger partial charge in [-0.2, -0.15) is 0 Å². The second-order valence-corrected chi connectivity index (χ2v) is 5.08. The summed E-state index contributed by atoms with van der Waals surface area (Å²) >= 11 is 3.36. The molecule has 1 aromatic carbocycles. The highest BCUT2D eigenvalue weighted by Crippen LogP contribution is 2.18. The van der Waals surface area contributed by atoms with Crippen LogP contribution < -0.4 is 5.32 Å². The number of aliphatic hydroxyl groups excluding tert-OH is 1. The van der Waals surface area contributed by atoms with E-state index in [1.165, 1.54) is 6.20 Å². The molecule has 0 aliphatic carbocycles. The van der Waals surface area contributed by atoms with Crippen LogP contribution in [-0.4, -0.2) is 16.0 Å². The van der Waals surface area contributed by atoms with Crippen LogP contribution in [0.2, 0.25) is 0 Å². The predicted molar refractivity (Wildman–Crippen MR) is 77.0 cm³/mol. The van der Waals surface area contributed by atoms with E-state index in [1.807, 2.05) is 13.0 Å². The quantitative estimate of drug-likeness (QED) is 0.914. The summed E-state index contributed by atoms with van der Waals surface area (Å²) in [6.07, 6.45) is 3.10. The lowest BCUT2D eigenvalue weighted by Crippen LogP contribution is -2.13. The Bertz CT molecular complexity index is 594. The Hall–Kier alpha value is -1.72. The fourth-order valence-corrected chi connectivity index (χ4v) is 2.34. The minimum Gasteiger partial charge on any atom is -0.392 e. The molecule has 98 valence electrons. The highest BCUT2D eigenvalue weighted by atomic mass is 79.9. The Balaban J connectivity index is 2.25. The molecule has 0 unspecified atom stereocenters. The SMILES string of the molecule is Cc1cc(Br)cc(C(=O)Nc2cnccc2CO)c1. The molecule has 0 radical (unpaired) electrons. The number of anilines is 1. The molecule has 2 aromatic rings. The first-order chi connectivity index (χ1) is 9.10. The third kappa shape index (κ3) is 3.39. The van der Waals surface area contributed by atoms with Crippen molar-refractivity contribution < 1.29 is 9.90 Å². The zero-order valence-corrected chi connectivity index (χ0v) is 11.9. The van der Waals surface area contributed by atoms with Gasteiger partial charge < -0.3 is 10.4 Å². The monoisotopic (exact) mass is 320 g/mol. The number of benzene rings is 1. The lowest BCUT2D eigenvalue weighted by molar-refractivity contribution is 0.102. The molecule has 1 heterocycles. The molecule has 1 aromatic heterocycles. The molecule has 0 fully saturated rings. The lowest BCUT2D eigenvalue weighted by Gasteiger charge is -2.09. The zero-order chi connectivity index (χ0) is 13.8. The number of carbonyl (C=O) groups is 1. The maximum atomic E-state index is 12.1. The van der Waals surface area contributed by atoms with Gasteiger partial charge in [0.25, 0.3) is 5.91 Å². The Morgan fingerprint density at radius 1 is 1.42 bits per heavy atom. The molecule has 0 aliphatic rings. The first-order valence-electron chi connectivity index (χ1n) is 5.72. The van der Waals surface area contributed by atoms with Crippen LogP contribution in [0.4, 0.5) is 5.69 Å². The van der Waals surface area contributed by atoms with Gasteiger partial charge in [0.05, 0.1) is 18.5 Å². The van der Waals surface area contributed by atoms with Crippen LogP contribution in [0.5, 0.6) is 0 Å². The molecule has 2 rings (SSSR count). The highest BCUT2D eigenvalue weighted by Gasteiger charge is 2.10. The first kappa shape index (κ1) is 13.7. The van der Waals surface area contributed by atoms with Crippen molar-refractivity contribution in [1.82, 2.24) is 4.98 Å². The third-order valence-electron chi connectivity index (χ3n) is 2.63. The van der Waals surface area contributed by atoms with Crippen molar-refractivity contribution in [2.45, 2.75) is 13.5 Å². The zero-order valence-electron chi connectivity index (χ0n) is 10.4. The molecule has 0 aliphatic heterocycles. The van der Waals surface area contributed by atoms with Crippen molar-refractivity contribution in [2.24, 2.45) is 0 Å². The summed E-state index contributed by atoms with van der Waals surface area (Å²) in [6.45, 7) is 1.78. The number of halogens is 1. The number of aryl methyl sites for hydroxylation is 1. The van der Waals surface area contributed by atoms with Crippen LogP contribution in [0, 0.1) is 6.92 Å². The summed E-state index contributed by atoms with van der Waals surface area (Å²) in [6, 6.07) is 7.15. The van der Waals surface area contributed by atoms with E-state index in [1.54, 1.807) is 24.4 Å². The molecule has 0 atom stereocenters. The van der Waals surface area contributed by atoms with Gasteiger partial charge in [-0.1, -0.05) is 15.9 Å². The van der Waals surface area contributed by atoms with Crippen molar-refractivity contribution >= 4 is 27.5 Å². The molecule has 0 saturated heterocycles. The summed E-state index contributed by atoms with van der Waals surface area (Å²) in [5, 5.41) is 12.0. The van der Waals surface area contributed by atoms with Crippen molar-refractivity contribution in [3.8, 4) is 0 Å². The first-order valence-corrected chi connectivity index (χ1v) is 6.52. The number of nitrogens with zero attached hydrogens (tertiary/aromatic N) is 1. The van der Waals surface area contributed by atoms with E-state index in [2.05, 4.69) is 26.2 Å². The van der Waals surface area contributed by atoms with Crippen LogP contribution in [-0.2, 0) is 6.61 Å². The van der Waals surface area contributed by atoms with E-state index in [-0.39, 0.29) is 12.5 Å². The minimum absolute atomic E-state index is 0.143. The van der Waals surface area contributed by atoms with Crippen molar-refractivity contribution in [2.75, 3.05) is 5.32 Å². The van der Waals surface area contributed by atoms with Gasteiger partial charge in [-0.25, -0.2) is 0 Å². The van der Waals surface area contributed by atoms with Crippen LogP contribution in [0.3, 0.4) is 0 Å². The molecule has 2 N–H and O–H groups in total. The molecule has 0 spiro atoms. The maximum absolute atomic E-state index is 12.1. The number of hydrogen-bond donors (Lipinski definition) is 2. The molecular formula is C14H13BrN2O2. The number of nitrogens with one attached hydrogen (secondary N) is 1. The number of hydrogen-bond acceptors (Lipinski definition) is 3. The Morgan fingerprint density at radius 3 is 2.89 bits per heavy atom. The van der Waals surface area contributed by atoms with Crippen LogP contribution in [0.1, 0.15) is 21.5 Å². The molecule has 19 heavy (non-hydrogen) atoms. The number of pyridine rings is 1. The second kappa shape index (κ2) is 5.95. The van der Waals surface area contributed by atoms with Gasteiger partial charge in [0.1, 0.15) is 0 Å². The average Bonchev–Trinajstić information content (AvgIpc) is 2.38. The van der Waals surface area contributed by atoms with E-state index in [0.717, 1.165) is 10.0 Å². The maximum Gasteiger partial charge on any atom is 0.255 e. The minimum atomic E-state index is -0.230. The Labute approximate surface area is 119 Å². The molecule has 1 amide bonds. The molecular weight excluding hydrogens is 308 g/mol. The largest absolute Gasteiger partial charge is 0.392 e. The smallest absolute Gasteiger partial charge is 0.255 e. The van der Waals surface area contributed by atoms with Gasteiger partial charge in [-0.3, -0.25) is 9.78 Å². The van der Waals surface area contributed by atoms with E-state index in [9.17, 15) is 9.90 Å². The lowest BCUT2D eigenvalue weighted by atomic mass is 10.1. The van der Waals surface area contributed by atoms with Crippen LogP contribution >= 0.6 is 15.9 Å². The summed E-state index contributed by atoms with van der Waals surface area (Å²) in [7, 11) is 0. The van der Waals surface area contributed by atoms with Crippen molar-refractivity contribution in [3.05, 3.63) is 57.8 Å². The van der Waals surface area contributed by atoms with E-state index in [0.29, 0.717) is 16.8 Å². The highest BCUT2D eigenvalue weighted by molar-refractivity contribution is 9.10. The summed E-state index contributed by atoms with van der Waals surface area (Å²) in [4.78, 5) is 16.1. The average molecular weight is 321 g/mol. The van der Waals surface area contributed by atoms with E-state index >= 15 is 0 Å². The van der Waals surface area contributed by atoms with Gasteiger partial charge >= 0.3 is 0 Å². The van der Waals surface area contributed by atoms with Crippen LogP contribution in [0.15, 0.2) is 41.1 Å². The molecule has 4 nitrogen and oxygen atoms in total. The van der Waals surface area contributed by atoms with Gasteiger partial charge in [0.2, 0.25) is 0 Å². The standard InChI is InChI=1S/C14H13BrN2O2/c1-9-4-11(6-12(15)5-9)14(19)17-13-7-16-3-2-10(13)8-18/h2-7,18H,8H2,1H3,(H,17,19). The summed E-state index contributed by atoms with van der Waals surface area (Å²) in [5.41, 5.74) is 2.70.